The van der Waals surface area contributed by atoms with Crippen LogP contribution in [-0.2, 0) is 17.6 Å². The van der Waals surface area contributed by atoms with Crippen LogP contribution >= 0.6 is 11.3 Å². The fraction of sp³-hybridized carbons (Fsp3) is 0.235. The molecule has 0 radical (unpaired) electrons. The smallest absolute Gasteiger partial charge is 0.227 e. The second kappa shape index (κ2) is 7.69. The maximum atomic E-state index is 11.8. The van der Waals surface area contributed by atoms with Gasteiger partial charge in [-0.25, -0.2) is 0 Å². The molecule has 1 amide bonds. The first-order chi connectivity index (χ1) is 11.3. The lowest BCUT2D eigenvalue weighted by Gasteiger charge is -2.02. The highest BCUT2D eigenvalue weighted by atomic mass is 32.1. The second-order valence-electron chi connectivity index (χ2n) is 5.06. The van der Waals surface area contributed by atoms with Gasteiger partial charge in [-0.05, 0) is 17.9 Å². The SMILES string of the molecule is O=C(CCc1nc(-c2ccccc2)no1)NCCc1cccs1. The van der Waals surface area contributed by atoms with Gasteiger partial charge in [-0.3, -0.25) is 4.79 Å². The molecule has 1 aromatic carbocycles. The molecule has 0 saturated carbocycles. The third-order valence-corrected chi connectivity index (χ3v) is 4.28. The summed E-state index contributed by atoms with van der Waals surface area (Å²) in [6, 6.07) is 13.7. The molecule has 5 nitrogen and oxygen atoms in total. The van der Waals surface area contributed by atoms with Crippen molar-refractivity contribution in [3.05, 3.63) is 58.6 Å². The number of amides is 1. The van der Waals surface area contributed by atoms with Crippen molar-refractivity contribution in [1.29, 1.82) is 0 Å². The molecule has 2 aromatic heterocycles. The molecule has 1 N–H and O–H groups in total. The Bertz CT molecular complexity index is 738. The van der Waals surface area contributed by atoms with Crippen molar-refractivity contribution in [2.24, 2.45) is 0 Å². The number of hydrogen-bond donors (Lipinski definition) is 1. The first kappa shape index (κ1) is 15.4. The van der Waals surface area contributed by atoms with Crippen LogP contribution in [0.25, 0.3) is 11.4 Å². The van der Waals surface area contributed by atoms with Crippen LogP contribution in [0, 0.1) is 0 Å². The molecule has 0 aliphatic carbocycles. The molecule has 0 unspecified atom stereocenters. The van der Waals surface area contributed by atoms with E-state index in [2.05, 4.69) is 21.5 Å². The second-order valence-corrected chi connectivity index (χ2v) is 6.09. The molecule has 0 aliphatic heterocycles. The molecule has 2 heterocycles. The van der Waals surface area contributed by atoms with Gasteiger partial charge in [0.15, 0.2) is 0 Å². The van der Waals surface area contributed by atoms with Crippen LogP contribution in [0.1, 0.15) is 17.2 Å². The van der Waals surface area contributed by atoms with Gasteiger partial charge in [0, 0.05) is 29.8 Å². The van der Waals surface area contributed by atoms with E-state index in [1.165, 1.54) is 4.88 Å². The van der Waals surface area contributed by atoms with Gasteiger partial charge in [0.1, 0.15) is 0 Å². The molecule has 0 aliphatic rings. The quantitative estimate of drug-likeness (QED) is 0.724. The zero-order chi connectivity index (χ0) is 15.9. The number of hydrogen-bond acceptors (Lipinski definition) is 5. The van der Waals surface area contributed by atoms with Crippen LogP contribution < -0.4 is 5.32 Å². The summed E-state index contributed by atoms with van der Waals surface area (Å²) in [5, 5.41) is 8.89. The fourth-order valence-electron chi connectivity index (χ4n) is 2.15. The van der Waals surface area contributed by atoms with E-state index >= 15 is 0 Å². The van der Waals surface area contributed by atoms with E-state index in [1.807, 2.05) is 41.8 Å². The van der Waals surface area contributed by atoms with E-state index in [0.717, 1.165) is 12.0 Å². The molecule has 118 valence electrons. The van der Waals surface area contributed by atoms with Crippen LogP contribution in [0.15, 0.2) is 52.4 Å². The summed E-state index contributed by atoms with van der Waals surface area (Å²) < 4.78 is 5.19. The number of nitrogens with one attached hydrogen (secondary N) is 1. The highest BCUT2D eigenvalue weighted by Gasteiger charge is 2.10. The summed E-state index contributed by atoms with van der Waals surface area (Å²) in [5.41, 5.74) is 0.905. The summed E-state index contributed by atoms with van der Waals surface area (Å²) in [6.45, 7) is 0.651. The van der Waals surface area contributed by atoms with Crippen molar-refractivity contribution in [3.63, 3.8) is 0 Å². The lowest BCUT2D eigenvalue weighted by atomic mass is 10.2. The van der Waals surface area contributed by atoms with Crippen molar-refractivity contribution in [3.8, 4) is 11.4 Å². The molecule has 0 fully saturated rings. The molecule has 0 atom stereocenters. The Hall–Kier alpha value is -2.47. The topological polar surface area (TPSA) is 68.0 Å². The predicted molar refractivity (Wildman–Crippen MR) is 89.1 cm³/mol. The van der Waals surface area contributed by atoms with Crippen molar-refractivity contribution in [1.82, 2.24) is 15.5 Å². The van der Waals surface area contributed by atoms with E-state index < -0.39 is 0 Å². The summed E-state index contributed by atoms with van der Waals surface area (Å²) in [7, 11) is 0. The molecule has 23 heavy (non-hydrogen) atoms. The Labute approximate surface area is 138 Å². The summed E-state index contributed by atoms with van der Waals surface area (Å²) in [4.78, 5) is 17.4. The van der Waals surface area contributed by atoms with Crippen LogP contribution in [-0.4, -0.2) is 22.6 Å². The number of thiophene rings is 1. The number of carbonyl (C=O) groups excluding carboxylic acids is 1. The summed E-state index contributed by atoms with van der Waals surface area (Å²) in [5.74, 6) is 1.04. The lowest BCUT2D eigenvalue weighted by Crippen LogP contribution is -2.25. The van der Waals surface area contributed by atoms with Gasteiger partial charge in [0.05, 0.1) is 0 Å². The van der Waals surface area contributed by atoms with Gasteiger partial charge in [0.25, 0.3) is 0 Å². The molecule has 3 aromatic rings. The monoisotopic (exact) mass is 327 g/mol. The molecule has 3 rings (SSSR count). The minimum atomic E-state index is 0.000942. The highest BCUT2D eigenvalue weighted by molar-refractivity contribution is 7.09. The summed E-state index contributed by atoms with van der Waals surface area (Å²) >= 11 is 1.70. The number of benzene rings is 1. The lowest BCUT2D eigenvalue weighted by molar-refractivity contribution is -0.121. The number of aryl methyl sites for hydroxylation is 1. The standard InChI is InChI=1S/C17H17N3O2S/c21-15(18-11-10-14-7-4-12-23-14)8-9-16-19-17(20-22-16)13-5-2-1-3-6-13/h1-7,12H,8-11H2,(H,18,21). The third kappa shape index (κ3) is 4.50. The molecule has 0 bridgehead atoms. The Morgan fingerprint density at radius 3 is 2.78 bits per heavy atom. The Balaban J connectivity index is 1.43. The van der Waals surface area contributed by atoms with Gasteiger partial charge in [-0.2, -0.15) is 4.98 Å². The Morgan fingerprint density at radius 1 is 1.13 bits per heavy atom. The Morgan fingerprint density at radius 2 is 2.00 bits per heavy atom. The number of rotatable bonds is 7. The number of aromatic nitrogens is 2. The average molecular weight is 327 g/mol. The van der Waals surface area contributed by atoms with Gasteiger partial charge in [-0.15, -0.1) is 11.3 Å². The maximum absolute atomic E-state index is 11.8. The van der Waals surface area contributed by atoms with Gasteiger partial charge >= 0.3 is 0 Å². The van der Waals surface area contributed by atoms with E-state index in [1.54, 1.807) is 11.3 Å². The number of carbonyl (C=O) groups is 1. The van der Waals surface area contributed by atoms with Crippen molar-refractivity contribution < 1.29 is 9.32 Å². The maximum Gasteiger partial charge on any atom is 0.227 e. The van der Waals surface area contributed by atoms with Crippen molar-refractivity contribution >= 4 is 17.2 Å². The summed E-state index contributed by atoms with van der Waals surface area (Å²) in [6.07, 6.45) is 1.66. The van der Waals surface area contributed by atoms with Crippen LogP contribution in [0.2, 0.25) is 0 Å². The van der Waals surface area contributed by atoms with E-state index in [9.17, 15) is 4.79 Å². The van der Waals surface area contributed by atoms with E-state index in [4.69, 9.17) is 4.52 Å². The molecule has 6 heteroatoms. The Kier molecular flexibility index (Phi) is 5.16. The molecule has 0 saturated heterocycles. The molecule has 0 spiro atoms. The van der Waals surface area contributed by atoms with Crippen LogP contribution in [0.4, 0.5) is 0 Å². The predicted octanol–water partition coefficient (Wildman–Crippen LogP) is 3.09. The zero-order valence-electron chi connectivity index (χ0n) is 12.6. The molecular formula is C17H17N3O2S. The highest BCUT2D eigenvalue weighted by Crippen LogP contribution is 2.15. The third-order valence-electron chi connectivity index (χ3n) is 3.34. The van der Waals surface area contributed by atoms with Crippen molar-refractivity contribution in [2.45, 2.75) is 19.3 Å². The van der Waals surface area contributed by atoms with E-state index in [-0.39, 0.29) is 5.91 Å². The minimum Gasteiger partial charge on any atom is -0.356 e. The average Bonchev–Trinajstić information content (AvgIpc) is 3.25. The van der Waals surface area contributed by atoms with E-state index in [0.29, 0.717) is 31.1 Å². The first-order valence-corrected chi connectivity index (χ1v) is 8.36. The fourth-order valence-corrected chi connectivity index (χ4v) is 2.86. The van der Waals surface area contributed by atoms with Crippen molar-refractivity contribution in [2.75, 3.05) is 6.54 Å². The first-order valence-electron chi connectivity index (χ1n) is 7.48. The normalized spacial score (nSPS) is 10.6. The molecular weight excluding hydrogens is 310 g/mol. The van der Waals surface area contributed by atoms with Gasteiger partial charge in [-0.1, -0.05) is 41.6 Å². The largest absolute Gasteiger partial charge is 0.356 e. The minimum absolute atomic E-state index is 0.000942. The van der Waals surface area contributed by atoms with Gasteiger partial charge < -0.3 is 9.84 Å². The van der Waals surface area contributed by atoms with Crippen LogP contribution in [0.5, 0.6) is 0 Å². The van der Waals surface area contributed by atoms with Crippen LogP contribution in [0.3, 0.4) is 0 Å². The number of nitrogens with zero attached hydrogens (tertiary/aromatic N) is 2. The van der Waals surface area contributed by atoms with Gasteiger partial charge in [0.2, 0.25) is 17.6 Å². The zero-order valence-corrected chi connectivity index (χ0v) is 13.4.